The smallest absolute Gasteiger partial charge is 0.328 e. The Morgan fingerprint density at radius 2 is 0.682 bits per heavy atom. The largest absolute Gasteiger partial charge is 0.458 e. The number of nitrogens with two attached hydrogens (primary N) is 5. The number of ether oxygens (including phenoxy) is 1. The Morgan fingerprint density at radius 1 is 0.364 bits per heavy atom. The third-order valence-electron chi connectivity index (χ3n) is 21.6. The van der Waals surface area contributed by atoms with Crippen LogP contribution in [-0.4, -0.2) is 270 Å². The van der Waals surface area contributed by atoms with Gasteiger partial charge < -0.3 is 134 Å². The first kappa shape index (κ1) is 120. The molecule has 1 fully saturated rings. The third-order valence-corrected chi connectivity index (χ3v) is 21.6. The van der Waals surface area contributed by atoms with Gasteiger partial charge in [0.1, 0.15) is 103 Å². The molecular weight excluding hydrogens is 1710 g/mol. The Kier molecular flexibility index (Phi) is 56.8. The Labute approximate surface area is 778 Å². The molecule has 43 nitrogen and oxygen atoms in total. The summed E-state index contributed by atoms with van der Waals surface area (Å²) in [6.45, 7) is 32.8. The van der Waals surface area contributed by atoms with Gasteiger partial charge in [-0.1, -0.05) is 125 Å². The van der Waals surface area contributed by atoms with Crippen LogP contribution in [0, 0.1) is 53.3 Å². The van der Waals surface area contributed by atoms with Crippen molar-refractivity contribution in [3.05, 3.63) is 0 Å². The highest BCUT2D eigenvalue weighted by atomic mass is 16.5. The van der Waals surface area contributed by atoms with Crippen LogP contribution >= 0.6 is 0 Å². The molecule has 132 heavy (non-hydrogen) atoms. The number of unbranched alkanes of at least 4 members (excludes halogenated alkanes) is 3. The van der Waals surface area contributed by atoms with Crippen molar-refractivity contribution in [2.75, 3.05) is 39.4 Å². The summed E-state index contributed by atoms with van der Waals surface area (Å²) < 4.78 is 5.94. The number of nitrogens with one attached hydrogen (secondary N) is 16. The summed E-state index contributed by atoms with van der Waals surface area (Å²) >= 11 is 0. The van der Waals surface area contributed by atoms with Crippen LogP contribution in [0.25, 0.3) is 0 Å². The van der Waals surface area contributed by atoms with Crippen molar-refractivity contribution in [3.8, 4) is 0 Å². The van der Waals surface area contributed by atoms with E-state index in [-0.39, 0.29) is 157 Å². The molecule has 0 saturated carbocycles. The molecule has 0 aromatic heterocycles. The maximum Gasteiger partial charge on any atom is 0.328 e. The molecule has 18 atom stereocenters. The fourth-order valence-electron chi connectivity index (χ4n) is 14.4. The summed E-state index contributed by atoms with van der Waals surface area (Å²) in [6.07, 6.45) is -1.33. The second kappa shape index (κ2) is 62.5. The molecule has 1 aliphatic rings. The minimum atomic E-state index is -1.84. The van der Waals surface area contributed by atoms with Gasteiger partial charge in [-0.25, -0.2) is 4.79 Å². The van der Waals surface area contributed by atoms with E-state index in [9.17, 15) is 92.0 Å². The second-order valence-corrected chi connectivity index (χ2v) is 38.1. The maximum absolute atomic E-state index is 15.0. The lowest BCUT2D eigenvalue weighted by Gasteiger charge is -2.32. The van der Waals surface area contributed by atoms with Crippen LogP contribution in [0.4, 0.5) is 0 Å². The number of carbonyl (C=O) groups is 17. The Hall–Kier alpha value is -9.98. The number of aliphatic hydroxyl groups excluding tert-OH is 3. The number of guanidine groups is 1. The Bertz CT molecular complexity index is 3710. The van der Waals surface area contributed by atoms with Crippen molar-refractivity contribution >= 4 is 106 Å². The third kappa shape index (κ3) is 46.1. The van der Waals surface area contributed by atoms with Crippen LogP contribution < -0.4 is 114 Å². The maximum atomic E-state index is 15.0. The van der Waals surface area contributed by atoms with Crippen molar-refractivity contribution < 1.29 is 102 Å². The molecule has 16 amide bonds. The molecule has 12 unspecified atom stereocenters. The number of aliphatic imine (C=N–C) groups is 1. The van der Waals surface area contributed by atoms with Gasteiger partial charge in [-0.3, -0.25) is 81.7 Å². The van der Waals surface area contributed by atoms with Gasteiger partial charge in [0.25, 0.3) is 5.91 Å². The first-order chi connectivity index (χ1) is 61.7. The average Bonchev–Trinajstić information content (AvgIpc) is 0.833. The lowest BCUT2D eigenvalue weighted by Crippen LogP contribution is -2.63. The molecule has 0 bridgehead atoms. The number of esters is 1. The molecule has 0 aromatic rings. The fraction of sp³-hybridized carbons (Fsp3) is 0.798. The van der Waals surface area contributed by atoms with Crippen LogP contribution in [0.5, 0.6) is 0 Å². The summed E-state index contributed by atoms with van der Waals surface area (Å²) in [5.74, 6) is -18.6. The number of amides is 16. The normalized spacial score (nSPS) is 19.2. The molecule has 1 rings (SSSR count). The fourth-order valence-corrected chi connectivity index (χ4v) is 14.4. The molecule has 1 aliphatic heterocycles. The highest BCUT2D eigenvalue weighted by molar-refractivity contribution is 6.01. The van der Waals surface area contributed by atoms with Crippen LogP contribution in [0.15, 0.2) is 4.99 Å². The van der Waals surface area contributed by atoms with Crippen molar-refractivity contribution in [2.45, 2.75) is 363 Å². The zero-order chi connectivity index (χ0) is 101. The van der Waals surface area contributed by atoms with Crippen LogP contribution in [0.2, 0.25) is 0 Å². The standard InChI is InChI=1S/C89H164N22O21/c1-45(2)36-60(106-84(127)68(114)44-113)76(119)96-54(19)72(115)101-61(37-46(3)4)77(120)104-64(40-49(9)10)80(123)110-70(53(17)18)86(129)99-58(31-27-35-95-89(93)94)75(118)102-62(38-47(5)6)78(121)105-65(41-50(11)12)81(124)109-69(52(15)16)85(128)98-57(29-22-25-33-91)74(117)103-66(42-51(13)14)82(125)111-71-55(20)132-88(131)59(30-23-26-34-92)100-73(116)56(28-21-24-32-90)97-83(126)67(43-112)108-79(122)63(39-48(7)8)107-87(71)130/h45-71,112-114H,21-44,90-92H2,1-20H3,(H,96,119)(H,97,126)(H,98,128)(H,99,129)(H,100,116)(H,101,115)(H,102,118)(H,103,117)(H,104,120)(H,105,121)(H,106,127)(H,107,130)(H,108,122)(H,109,124)(H,110,123)(H,111,125)(H4,93,94,95)/t54-,55?,56?,57?,58-,59?,60?,61?,62?,63?,64?,65?,66?,67-,68?,69-,70-,71+/m1/s1. The average molecular weight is 1880 g/mol. The van der Waals surface area contributed by atoms with Gasteiger partial charge in [-0.15, -0.1) is 0 Å². The molecule has 0 aliphatic carbocycles. The van der Waals surface area contributed by atoms with Crippen molar-refractivity contribution in [2.24, 2.45) is 86.9 Å². The summed E-state index contributed by atoms with van der Waals surface area (Å²) in [5.41, 5.74) is 28.8. The van der Waals surface area contributed by atoms with Crippen LogP contribution in [0.3, 0.4) is 0 Å². The lowest BCUT2D eigenvalue weighted by molar-refractivity contribution is -0.156. The van der Waals surface area contributed by atoms with Gasteiger partial charge in [-0.2, -0.15) is 0 Å². The molecule has 756 valence electrons. The molecule has 29 N–H and O–H groups in total. The first-order valence-electron chi connectivity index (χ1n) is 46.9. The van der Waals surface area contributed by atoms with Gasteiger partial charge >= 0.3 is 5.97 Å². The molecule has 43 heteroatoms. The van der Waals surface area contributed by atoms with Crippen molar-refractivity contribution in [1.29, 1.82) is 0 Å². The van der Waals surface area contributed by atoms with Gasteiger partial charge in [0.15, 0.2) is 12.1 Å². The number of carbonyl (C=O) groups excluding carboxylic acids is 17. The Balaban J connectivity index is 3.88. The number of rotatable bonds is 58. The lowest BCUT2D eigenvalue weighted by atomic mass is 9.97. The van der Waals surface area contributed by atoms with E-state index in [2.05, 4.69) is 90.1 Å². The number of aliphatic hydroxyl groups is 3. The van der Waals surface area contributed by atoms with E-state index >= 15 is 4.79 Å². The minimum absolute atomic E-state index is 0.0147. The van der Waals surface area contributed by atoms with E-state index < -0.39 is 234 Å². The van der Waals surface area contributed by atoms with Crippen molar-refractivity contribution in [3.63, 3.8) is 0 Å². The zero-order valence-corrected chi connectivity index (χ0v) is 81.6. The quantitative estimate of drug-likeness (QED) is 0.0126. The zero-order valence-electron chi connectivity index (χ0n) is 81.6. The SMILES string of the molecule is CC(C)CC(NC(=O)C(O)CO)C(=O)N[C@H](C)C(=O)NC(CC(C)C)C(=O)NC(CC(C)C)C(=O)N[C@@H](C(=O)N[C@H](CCCN=C(N)N)C(=O)NC(CC(C)C)C(=O)NC(CC(C)C)C(=O)N[C@@H](C(=O)NC(CCCCN)C(=O)NC(CC(C)C)C(=O)N[C@@H]1C(=O)NC(CC(C)C)C(=O)N[C@H](CO)C(=O)NC(CCCCN)C(=O)NC(CCCCN)C(=O)OC1C)C(C)C)C(C)C. The first-order valence-corrected chi connectivity index (χ1v) is 46.9. The van der Waals surface area contributed by atoms with E-state index in [1.807, 2.05) is 0 Å². The van der Waals surface area contributed by atoms with Crippen LogP contribution in [-0.2, 0) is 86.2 Å². The number of hydrogen-bond donors (Lipinski definition) is 24. The van der Waals surface area contributed by atoms with E-state index in [1.165, 1.54) is 13.8 Å². The van der Waals surface area contributed by atoms with E-state index in [0.29, 0.717) is 32.1 Å². The summed E-state index contributed by atoms with van der Waals surface area (Å²) in [5, 5.41) is 72.2. The summed E-state index contributed by atoms with van der Waals surface area (Å²) in [7, 11) is 0. The monoisotopic (exact) mass is 1880 g/mol. The van der Waals surface area contributed by atoms with E-state index in [1.54, 1.807) is 125 Å². The molecule has 0 aromatic carbocycles. The molecular formula is C89H164N22O21. The van der Waals surface area contributed by atoms with Crippen LogP contribution in [0.1, 0.15) is 254 Å². The Morgan fingerprint density at radius 3 is 1.06 bits per heavy atom. The molecule has 0 radical (unpaired) electrons. The van der Waals surface area contributed by atoms with E-state index in [4.69, 9.17) is 33.4 Å². The highest BCUT2D eigenvalue weighted by Gasteiger charge is 2.43. The summed E-state index contributed by atoms with van der Waals surface area (Å²) in [4.78, 5) is 248. The number of cyclic esters (lactones) is 1. The van der Waals surface area contributed by atoms with Gasteiger partial charge in [-0.05, 0) is 202 Å². The number of nitrogens with zero attached hydrogens (tertiary/aromatic N) is 1. The predicted molar refractivity (Wildman–Crippen MR) is 497 cm³/mol. The molecule has 1 heterocycles. The molecule has 1 saturated heterocycles. The second-order valence-electron chi connectivity index (χ2n) is 38.1. The van der Waals surface area contributed by atoms with E-state index in [0.717, 1.165) is 0 Å². The topological polar surface area (TPSA) is 695 Å². The van der Waals surface area contributed by atoms with Gasteiger partial charge in [0, 0.05) is 6.54 Å². The molecule has 0 spiro atoms. The van der Waals surface area contributed by atoms with Crippen molar-refractivity contribution in [1.82, 2.24) is 85.1 Å². The van der Waals surface area contributed by atoms with Gasteiger partial charge in [0.2, 0.25) is 88.6 Å². The summed E-state index contributed by atoms with van der Waals surface area (Å²) in [6, 6.07) is -22.6. The number of hydrogen-bond acceptors (Lipinski definition) is 25. The van der Waals surface area contributed by atoms with Gasteiger partial charge in [0.05, 0.1) is 13.2 Å². The predicted octanol–water partition coefficient (Wildman–Crippen LogP) is -2.87. The highest BCUT2D eigenvalue weighted by Crippen LogP contribution is 2.20. The minimum Gasteiger partial charge on any atom is -0.458 e.